The quantitative estimate of drug-likeness (QED) is 0.741. The number of carbonyl (C=O) groups is 1. The van der Waals surface area contributed by atoms with Gasteiger partial charge in [0, 0.05) is 24.7 Å². The van der Waals surface area contributed by atoms with E-state index in [0.29, 0.717) is 6.42 Å². The third-order valence-corrected chi connectivity index (χ3v) is 6.00. The van der Waals surface area contributed by atoms with Crippen LogP contribution in [0.2, 0.25) is 0 Å². The van der Waals surface area contributed by atoms with Crippen LogP contribution in [0.15, 0.2) is 54.2 Å². The molecule has 152 valence electrons. The lowest BCUT2D eigenvalue weighted by Gasteiger charge is -2.44. The zero-order valence-corrected chi connectivity index (χ0v) is 17.7. The van der Waals surface area contributed by atoms with E-state index in [4.69, 9.17) is 9.47 Å². The molecule has 0 bridgehead atoms. The largest absolute Gasteiger partial charge is 0.493 e. The molecule has 0 amide bonds. The highest BCUT2D eigenvalue weighted by Crippen LogP contribution is 2.45. The van der Waals surface area contributed by atoms with Crippen LogP contribution in [-0.4, -0.2) is 31.4 Å². The first-order valence-corrected chi connectivity index (χ1v) is 10.2. The van der Waals surface area contributed by atoms with Crippen molar-refractivity contribution in [3.05, 3.63) is 70.9 Å². The highest BCUT2D eigenvalue weighted by atomic mass is 16.5. The van der Waals surface area contributed by atoms with Gasteiger partial charge in [0.05, 0.1) is 20.3 Å². The monoisotopic (exact) mass is 391 g/mol. The van der Waals surface area contributed by atoms with Gasteiger partial charge in [0.1, 0.15) is 0 Å². The van der Waals surface area contributed by atoms with E-state index in [1.54, 1.807) is 14.2 Å². The average molecular weight is 392 g/mol. The molecule has 4 rings (SSSR count). The van der Waals surface area contributed by atoms with Gasteiger partial charge < -0.3 is 14.4 Å². The van der Waals surface area contributed by atoms with Gasteiger partial charge in [0.15, 0.2) is 17.3 Å². The van der Waals surface area contributed by atoms with E-state index in [1.165, 1.54) is 16.7 Å². The molecule has 1 unspecified atom stereocenters. The highest BCUT2D eigenvalue weighted by Gasteiger charge is 2.36. The summed E-state index contributed by atoms with van der Waals surface area (Å²) >= 11 is 0. The SMILES string of the molecule is COc1cc2c(cc1OC)C(c1ccccc1)N(C1=CC(=O)CC(C)(C)C1)CC2. The standard InChI is InChI=1S/C25H29NO3/c1-25(2)15-19(13-20(27)16-25)26-11-10-18-12-22(28-3)23(29-4)14-21(18)24(26)17-8-6-5-7-9-17/h5-9,12-14,24H,10-11,15-16H2,1-4H3. The molecule has 0 fully saturated rings. The molecule has 29 heavy (non-hydrogen) atoms. The predicted octanol–water partition coefficient (Wildman–Crippen LogP) is 4.92. The molecule has 1 aliphatic heterocycles. The molecule has 0 radical (unpaired) electrons. The van der Waals surface area contributed by atoms with Crippen LogP contribution in [-0.2, 0) is 11.2 Å². The number of ketones is 1. The van der Waals surface area contributed by atoms with Crippen LogP contribution in [0.3, 0.4) is 0 Å². The second-order valence-electron chi connectivity index (χ2n) is 8.78. The van der Waals surface area contributed by atoms with Gasteiger partial charge in [-0.05, 0) is 47.1 Å². The first-order valence-electron chi connectivity index (χ1n) is 10.2. The van der Waals surface area contributed by atoms with Gasteiger partial charge >= 0.3 is 0 Å². The minimum atomic E-state index is -0.0136. The lowest BCUT2D eigenvalue weighted by atomic mass is 9.77. The molecule has 0 saturated carbocycles. The number of hydrogen-bond donors (Lipinski definition) is 0. The van der Waals surface area contributed by atoms with Crippen LogP contribution in [0.25, 0.3) is 0 Å². The first-order chi connectivity index (χ1) is 13.9. The molecule has 4 heteroatoms. The Bertz CT molecular complexity index is 946. The van der Waals surface area contributed by atoms with Gasteiger partial charge in [0.25, 0.3) is 0 Å². The normalized spacial score (nSPS) is 20.7. The minimum Gasteiger partial charge on any atom is -0.493 e. The van der Waals surface area contributed by atoms with Crippen molar-refractivity contribution in [2.75, 3.05) is 20.8 Å². The third-order valence-electron chi connectivity index (χ3n) is 6.00. The van der Waals surface area contributed by atoms with Gasteiger partial charge in [0.2, 0.25) is 0 Å². The minimum absolute atomic E-state index is 0.0136. The summed E-state index contributed by atoms with van der Waals surface area (Å²) in [7, 11) is 3.35. The number of carbonyl (C=O) groups excluding carboxylic acids is 1. The van der Waals surface area contributed by atoms with E-state index in [1.807, 2.05) is 12.1 Å². The molecule has 0 N–H and O–H groups in total. The second-order valence-corrected chi connectivity index (χ2v) is 8.78. The zero-order valence-electron chi connectivity index (χ0n) is 17.7. The van der Waals surface area contributed by atoms with E-state index in [2.05, 4.69) is 55.1 Å². The highest BCUT2D eigenvalue weighted by molar-refractivity contribution is 5.91. The molecule has 2 aromatic rings. The Morgan fingerprint density at radius 1 is 1.00 bits per heavy atom. The summed E-state index contributed by atoms with van der Waals surface area (Å²) in [6, 6.07) is 14.8. The van der Waals surface area contributed by atoms with Crippen molar-refractivity contribution >= 4 is 5.78 Å². The lowest BCUT2D eigenvalue weighted by molar-refractivity contribution is -0.117. The number of hydrogen-bond acceptors (Lipinski definition) is 4. The van der Waals surface area contributed by atoms with Crippen LogP contribution < -0.4 is 9.47 Å². The summed E-state index contributed by atoms with van der Waals surface area (Å²) in [6.45, 7) is 5.24. The van der Waals surface area contributed by atoms with E-state index >= 15 is 0 Å². The summed E-state index contributed by atoms with van der Waals surface area (Å²) in [5.41, 5.74) is 4.84. The number of fused-ring (bicyclic) bond motifs is 1. The summed E-state index contributed by atoms with van der Waals surface area (Å²) in [5, 5.41) is 0. The van der Waals surface area contributed by atoms with Crippen molar-refractivity contribution in [1.29, 1.82) is 0 Å². The smallest absolute Gasteiger partial charge is 0.161 e. The molecule has 2 aliphatic rings. The number of methoxy groups -OCH3 is 2. The van der Waals surface area contributed by atoms with Gasteiger partial charge in [-0.25, -0.2) is 0 Å². The molecule has 1 aliphatic carbocycles. The summed E-state index contributed by atoms with van der Waals surface area (Å²) in [4.78, 5) is 14.9. The van der Waals surface area contributed by atoms with Gasteiger partial charge in [-0.15, -0.1) is 0 Å². The van der Waals surface area contributed by atoms with Crippen LogP contribution in [0, 0.1) is 5.41 Å². The van der Waals surface area contributed by atoms with Gasteiger partial charge in [-0.3, -0.25) is 4.79 Å². The molecular weight excluding hydrogens is 362 g/mol. The average Bonchev–Trinajstić information content (AvgIpc) is 2.70. The molecule has 1 atom stereocenters. The fraction of sp³-hybridized carbons (Fsp3) is 0.400. The van der Waals surface area contributed by atoms with E-state index in [0.717, 1.165) is 36.6 Å². The molecule has 0 saturated heterocycles. The van der Waals surface area contributed by atoms with Crippen LogP contribution in [0.5, 0.6) is 11.5 Å². The molecule has 0 aromatic heterocycles. The second kappa shape index (κ2) is 7.58. The summed E-state index contributed by atoms with van der Waals surface area (Å²) in [5.74, 6) is 1.73. The number of allylic oxidation sites excluding steroid dienone is 2. The van der Waals surface area contributed by atoms with Crippen LogP contribution >= 0.6 is 0 Å². The Balaban J connectivity index is 1.85. The van der Waals surface area contributed by atoms with E-state index in [9.17, 15) is 4.79 Å². The molecule has 1 heterocycles. The fourth-order valence-electron chi connectivity index (χ4n) is 4.75. The topological polar surface area (TPSA) is 38.8 Å². The van der Waals surface area contributed by atoms with Crippen molar-refractivity contribution < 1.29 is 14.3 Å². The van der Waals surface area contributed by atoms with Crippen molar-refractivity contribution in [3.8, 4) is 11.5 Å². The Kier molecular flexibility index (Phi) is 5.12. The fourth-order valence-corrected chi connectivity index (χ4v) is 4.75. The Hall–Kier alpha value is -2.75. The molecule has 0 spiro atoms. The van der Waals surface area contributed by atoms with Gasteiger partial charge in [-0.2, -0.15) is 0 Å². The third kappa shape index (κ3) is 3.76. The Morgan fingerprint density at radius 3 is 2.34 bits per heavy atom. The predicted molar refractivity (Wildman–Crippen MR) is 114 cm³/mol. The molecule has 4 nitrogen and oxygen atoms in total. The van der Waals surface area contributed by atoms with Crippen LogP contribution in [0.4, 0.5) is 0 Å². The number of nitrogens with zero attached hydrogens (tertiary/aromatic N) is 1. The summed E-state index contributed by atoms with van der Waals surface area (Å²) < 4.78 is 11.1. The maximum Gasteiger partial charge on any atom is 0.161 e. The molecule has 2 aromatic carbocycles. The number of benzene rings is 2. The van der Waals surface area contributed by atoms with Crippen molar-refractivity contribution in [3.63, 3.8) is 0 Å². The lowest BCUT2D eigenvalue weighted by Crippen LogP contribution is -2.39. The maximum atomic E-state index is 12.5. The van der Waals surface area contributed by atoms with Crippen molar-refractivity contribution in [2.45, 2.75) is 39.2 Å². The zero-order chi connectivity index (χ0) is 20.6. The Labute approximate surface area is 173 Å². The van der Waals surface area contributed by atoms with E-state index < -0.39 is 0 Å². The van der Waals surface area contributed by atoms with Crippen molar-refractivity contribution in [1.82, 2.24) is 4.90 Å². The summed E-state index contributed by atoms with van der Waals surface area (Å²) in [6.07, 6.45) is 4.30. The van der Waals surface area contributed by atoms with Crippen LogP contribution in [0.1, 0.15) is 49.4 Å². The number of rotatable bonds is 4. The Morgan fingerprint density at radius 2 is 1.69 bits per heavy atom. The van der Waals surface area contributed by atoms with Gasteiger partial charge in [-0.1, -0.05) is 44.2 Å². The maximum absolute atomic E-state index is 12.5. The first kappa shape index (κ1) is 19.6. The van der Waals surface area contributed by atoms with Crippen molar-refractivity contribution in [2.24, 2.45) is 5.41 Å². The van der Waals surface area contributed by atoms with E-state index in [-0.39, 0.29) is 17.2 Å². The number of ether oxygens (including phenoxy) is 2. The molecular formula is C25H29NO3.